The van der Waals surface area contributed by atoms with Gasteiger partial charge >= 0.3 is 0 Å². The second-order valence-electron chi connectivity index (χ2n) is 11.4. The van der Waals surface area contributed by atoms with Crippen LogP contribution in [0.25, 0.3) is 10.9 Å². The fourth-order valence-corrected chi connectivity index (χ4v) is 5.73. The standard InChI is InChI=1S/C34H32FN7/c1-2-30(22-6-4-3-5-7-22)39-32-24(18-36)19-37-34-28(21-8-9-21)16-26(17-29(32)34)38-33(23-10-12-25(35)13-11-23)31-20-42(41-40-31)27-14-15-27/h3-7,10-13,16-17,19-21,27,30,33,38H,2,8-9,14-15H2,1H3,(H,37,39)/t30-,33?/m1/s1. The van der Waals surface area contributed by atoms with E-state index in [4.69, 9.17) is 4.98 Å². The number of fused-ring (bicyclic) bond motifs is 1. The normalized spacial score (nSPS) is 16.1. The molecule has 2 fully saturated rings. The number of nitriles is 1. The van der Waals surface area contributed by atoms with Crippen LogP contribution in [0.2, 0.25) is 0 Å². The van der Waals surface area contributed by atoms with Gasteiger partial charge in [0.25, 0.3) is 0 Å². The molecule has 8 heteroatoms. The molecule has 1 unspecified atom stereocenters. The van der Waals surface area contributed by atoms with Crippen LogP contribution in [-0.2, 0) is 0 Å². The van der Waals surface area contributed by atoms with Crippen molar-refractivity contribution < 1.29 is 4.39 Å². The van der Waals surface area contributed by atoms with Crippen LogP contribution in [0.15, 0.2) is 79.1 Å². The summed E-state index contributed by atoms with van der Waals surface area (Å²) in [7, 11) is 0. The van der Waals surface area contributed by atoms with E-state index in [1.165, 1.54) is 23.3 Å². The summed E-state index contributed by atoms with van der Waals surface area (Å²) in [6, 6.07) is 23.6. The minimum Gasteiger partial charge on any atom is -0.377 e. The molecule has 210 valence electrons. The van der Waals surface area contributed by atoms with Gasteiger partial charge in [-0.2, -0.15) is 5.26 Å². The topological polar surface area (TPSA) is 91.5 Å². The number of halogens is 1. The molecular weight excluding hydrogens is 525 g/mol. The molecule has 2 N–H and O–H groups in total. The van der Waals surface area contributed by atoms with Gasteiger partial charge in [-0.3, -0.25) is 4.98 Å². The highest BCUT2D eigenvalue weighted by Crippen LogP contribution is 2.46. The van der Waals surface area contributed by atoms with Crippen LogP contribution in [0.4, 0.5) is 15.8 Å². The Morgan fingerprint density at radius 1 is 1.00 bits per heavy atom. The summed E-state index contributed by atoms with van der Waals surface area (Å²) in [6.07, 6.45) is 8.99. The molecule has 2 aliphatic carbocycles. The molecular formula is C34H32FN7. The van der Waals surface area contributed by atoms with Gasteiger partial charge in [0.2, 0.25) is 0 Å². The van der Waals surface area contributed by atoms with Crippen LogP contribution >= 0.6 is 0 Å². The van der Waals surface area contributed by atoms with Crippen molar-refractivity contribution in [3.05, 3.63) is 113 Å². The van der Waals surface area contributed by atoms with Crippen molar-refractivity contribution in [2.24, 2.45) is 0 Å². The number of benzene rings is 3. The summed E-state index contributed by atoms with van der Waals surface area (Å²) in [5.74, 6) is 0.147. The van der Waals surface area contributed by atoms with E-state index in [1.807, 2.05) is 29.1 Å². The van der Waals surface area contributed by atoms with E-state index in [-0.39, 0.29) is 17.9 Å². The SMILES string of the molecule is CC[C@@H](Nc1c(C#N)cnc2c(C3CC3)cc(NC(c3ccc(F)cc3)c3cn(C4CC4)nn3)cc12)c1ccccc1. The number of rotatable bonds is 10. The van der Waals surface area contributed by atoms with Crippen LogP contribution in [0.1, 0.15) is 91.0 Å². The first-order valence-electron chi connectivity index (χ1n) is 14.7. The number of aromatic nitrogens is 4. The molecule has 2 saturated carbocycles. The third kappa shape index (κ3) is 5.18. The van der Waals surface area contributed by atoms with Gasteiger partial charge in [-0.25, -0.2) is 9.07 Å². The molecule has 0 aliphatic heterocycles. The fourth-order valence-electron chi connectivity index (χ4n) is 5.73. The number of nitrogens with zero attached hydrogens (tertiary/aromatic N) is 5. The number of nitrogens with one attached hydrogen (secondary N) is 2. The maximum absolute atomic E-state index is 13.9. The number of pyridine rings is 1. The zero-order valence-electron chi connectivity index (χ0n) is 23.5. The molecule has 0 spiro atoms. The van der Waals surface area contributed by atoms with Crippen LogP contribution in [0.3, 0.4) is 0 Å². The van der Waals surface area contributed by atoms with Gasteiger partial charge in [0.05, 0.1) is 41.1 Å². The van der Waals surface area contributed by atoms with Crippen molar-refractivity contribution in [2.45, 2.75) is 63.1 Å². The quantitative estimate of drug-likeness (QED) is 0.182. The van der Waals surface area contributed by atoms with E-state index in [9.17, 15) is 9.65 Å². The zero-order chi connectivity index (χ0) is 28.6. The first kappa shape index (κ1) is 26.1. The molecule has 7 nitrogen and oxygen atoms in total. The molecule has 3 aromatic carbocycles. The summed E-state index contributed by atoms with van der Waals surface area (Å²) in [6.45, 7) is 2.14. The molecule has 0 amide bonds. The van der Waals surface area contributed by atoms with Crippen molar-refractivity contribution in [2.75, 3.05) is 10.6 Å². The maximum atomic E-state index is 13.9. The molecule has 2 heterocycles. The fraction of sp³-hybridized carbons (Fsp3) is 0.294. The first-order valence-corrected chi connectivity index (χ1v) is 14.7. The van der Waals surface area contributed by atoms with E-state index in [0.29, 0.717) is 17.5 Å². The zero-order valence-corrected chi connectivity index (χ0v) is 23.5. The van der Waals surface area contributed by atoms with E-state index < -0.39 is 0 Å². The maximum Gasteiger partial charge on any atom is 0.123 e. The molecule has 2 atom stereocenters. The van der Waals surface area contributed by atoms with Gasteiger partial charge in [-0.05, 0) is 79.0 Å². The molecule has 5 aromatic rings. The monoisotopic (exact) mass is 557 g/mol. The molecule has 0 saturated heterocycles. The van der Waals surface area contributed by atoms with Crippen LogP contribution in [-0.4, -0.2) is 20.0 Å². The lowest BCUT2D eigenvalue weighted by Gasteiger charge is -2.23. The Kier molecular flexibility index (Phi) is 6.79. The minimum absolute atomic E-state index is 0.0364. The van der Waals surface area contributed by atoms with Crippen molar-refractivity contribution in [1.29, 1.82) is 5.26 Å². The summed E-state index contributed by atoms with van der Waals surface area (Å²) < 4.78 is 15.8. The number of hydrogen-bond donors (Lipinski definition) is 2. The van der Waals surface area contributed by atoms with Gasteiger partial charge < -0.3 is 10.6 Å². The van der Waals surface area contributed by atoms with Gasteiger partial charge in [0.15, 0.2) is 0 Å². The lowest BCUT2D eigenvalue weighted by atomic mass is 9.98. The van der Waals surface area contributed by atoms with E-state index in [1.54, 1.807) is 18.3 Å². The highest BCUT2D eigenvalue weighted by molar-refractivity contribution is 5.98. The predicted octanol–water partition coefficient (Wildman–Crippen LogP) is 7.81. The van der Waals surface area contributed by atoms with Crippen molar-refractivity contribution in [3.63, 3.8) is 0 Å². The summed E-state index contributed by atoms with van der Waals surface area (Å²) in [5, 5.41) is 27.4. The van der Waals surface area contributed by atoms with Crippen molar-refractivity contribution in [1.82, 2.24) is 20.0 Å². The second kappa shape index (κ2) is 10.9. The van der Waals surface area contributed by atoms with E-state index in [0.717, 1.165) is 65.6 Å². The Labute approximate surface area is 244 Å². The first-order chi connectivity index (χ1) is 20.6. The van der Waals surface area contributed by atoms with Crippen LogP contribution in [0, 0.1) is 17.1 Å². The molecule has 2 aliphatic rings. The van der Waals surface area contributed by atoms with Crippen LogP contribution < -0.4 is 10.6 Å². The third-order valence-corrected chi connectivity index (χ3v) is 8.33. The van der Waals surface area contributed by atoms with E-state index >= 15 is 0 Å². The largest absolute Gasteiger partial charge is 0.377 e. The molecule has 0 bridgehead atoms. The van der Waals surface area contributed by atoms with Crippen molar-refractivity contribution >= 4 is 22.3 Å². The third-order valence-electron chi connectivity index (χ3n) is 8.33. The number of hydrogen-bond acceptors (Lipinski definition) is 6. The Bertz CT molecular complexity index is 1770. The van der Waals surface area contributed by atoms with Gasteiger partial charge in [0.1, 0.15) is 17.6 Å². The molecule has 0 radical (unpaired) electrons. The van der Waals surface area contributed by atoms with E-state index in [2.05, 4.69) is 58.2 Å². The predicted molar refractivity (Wildman–Crippen MR) is 162 cm³/mol. The summed E-state index contributed by atoms with van der Waals surface area (Å²) in [4.78, 5) is 4.80. The summed E-state index contributed by atoms with van der Waals surface area (Å²) >= 11 is 0. The Hall–Kier alpha value is -4.77. The highest BCUT2D eigenvalue weighted by atomic mass is 19.1. The number of anilines is 2. The molecule has 7 rings (SSSR count). The Morgan fingerprint density at radius 2 is 1.79 bits per heavy atom. The molecule has 42 heavy (non-hydrogen) atoms. The lowest BCUT2D eigenvalue weighted by Crippen LogP contribution is -2.14. The highest BCUT2D eigenvalue weighted by Gasteiger charge is 2.30. The van der Waals surface area contributed by atoms with Crippen LogP contribution in [0.5, 0.6) is 0 Å². The minimum atomic E-state index is -0.334. The average molecular weight is 558 g/mol. The molecule has 2 aromatic heterocycles. The van der Waals surface area contributed by atoms with Gasteiger partial charge in [-0.1, -0.05) is 54.6 Å². The van der Waals surface area contributed by atoms with Gasteiger partial charge in [-0.15, -0.1) is 5.10 Å². The van der Waals surface area contributed by atoms with Gasteiger partial charge in [0, 0.05) is 17.3 Å². The Balaban J connectivity index is 1.34. The lowest BCUT2D eigenvalue weighted by molar-refractivity contribution is 0.610. The average Bonchev–Trinajstić information content (AvgIpc) is 3.98. The second-order valence-corrected chi connectivity index (χ2v) is 11.4. The van der Waals surface area contributed by atoms with Crippen molar-refractivity contribution in [3.8, 4) is 6.07 Å². The summed E-state index contributed by atoms with van der Waals surface area (Å²) in [5.41, 5.74) is 7.14. The Morgan fingerprint density at radius 3 is 2.48 bits per heavy atom. The smallest absolute Gasteiger partial charge is 0.123 e.